The summed E-state index contributed by atoms with van der Waals surface area (Å²) in [6, 6.07) is 7.58. The van der Waals surface area contributed by atoms with Crippen molar-refractivity contribution in [3.05, 3.63) is 34.9 Å². The summed E-state index contributed by atoms with van der Waals surface area (Å²) in [5, 5.41) is 13.1. The SMILES string of the molecule is ONc1nc(NCc2ccc(Cl)cc2)nc(N2CCCCCCC2)n1. The molecule has 1 fully saturated rings. The Morgan fingerprint density at radius 2 is 1.56 bits per heavy atom. The second kappa shape index (κ2) is 8.82. The number of rotatable bonds is 5. The molecular weight excluding hydrogens is 340 g/mol. The Bertz CT molecular complexity index is 673. The molecule has 7 nitrogen and oxygen atoms in total. The molecule has 1 aromatic heterocycles. The van der Waals surface area contributed by atoms with Crippen LogP contribution in [0.3, 0.4) is 0 Å². The van der Waals surface area contributed by atoms with Crippen LogP contribution in [0.1, 0.15) is 37.7 Å². The van der Waals surface area contributed by atoms with Gasteiger partial charge in [-0.1, -0.05) is 43.0 Å². The van der Waals surface area contributed by atoms with Crippen molar-refractivity contribution < 1.29 is 5.21 Å². The molecule has 0 amide bonds. The van der Waals surface area contributed by atoms with Crippen LogP contribution in [0, 0.1) is 0 Å². The van der Waals surface area contributed by atoms with Gasteiger partial charge in [-0.05, 0) is 30.5 Å². The number of halogens is 1. The van der Waals surface area contributed by atoms with E-state index in [1.165, 1.54) is 19.3 Å². The first-order valence-corrected chi connectivity index (χ1v) is 9.02. The van der Waals surface area contributed by atoms with Crippen molar-refractivity contribution >= 4 is 29.4 Å². The van der Waals surface area contributed by atoms with Crippen LogP contribution in [0.5, 0.6) is 0 Å². The van der Waals surface area contributed by atoms with Gasteiger partial charge in [-0.2, -0.15) is 15.0 Å². The van der Waals surface area contributed by atoms with Gasteiger partial charge in [0.05, 0.1) is 0 Å². The van der Waals surface area contributed by atoms with Gasteiger partial charge < -0.3 is 10.2 Å². The number of anilines is 3. The quantitative estimate of drug-likeness (QED) is 0.699. The molecule has 3 N–H and O–H groups in total. The highest BCUT2D eigenvalue weighted by molar-refractivity contribution is 6.30. The second-order valence-electron chi connectivity index (χ2n) is 6.13. The van der Waals surface area contributed by atoms with Gasteiger partial charge in [-0.15, -0.1) is 0 Å². The number of nitrogens with one attached hydrogen (secondary N) is 2. The number of benzene rings is 1. The van der Waals surface area contributed by atoms with E-state index in [2.05, 4.69) is 25.2 Å². The van der Waals surface area contributed by atoms with Crippen molar-refractivity contribution in [3.8, 4) is 0 Å². The van der Waals surface area contributed by atoms with E-state index in [4.69, 9.17) is 11.6 Å². The lowest BCUT2D eigenvalue weighted by molar-refractivity contribution is 0.382. The van der Waals surface area contributed by atoms with Gasteiger partial charge in [0.15, 0.2) is 0 Å². The highest BCUT2D eigenvalue weighted by Crippen LogP contribution is 2.18. The second-order valence-corrected chi connectivity index (χ2v) is 6.57. The van der Waals surface area contributed by atoms with Crippen molar-refractivity contribution in [1.29, 1.82) is 0 Å². The maximum Gasteiger partial charge on any atom is 0.253 e. The summed E-state index contributed by atoms with van der Waals surface area (Å²) in [7, 11) is 0. The Kier molecular flexibility index (Phi) is 6.25. The van der Waals surface area contributed by atoms with Crippen LogP contribution in [-0.2, 0) is 6.54 Å². The van der Waals surface area contributed by atoms with Gasteiger partial charge in [0.25, 0.3) is 5.95 Å². The highest BCUT2D eigenvalue weighted by Gasteiger charge is 2.15. The first-order valence-electron chi connectivity index (χ1n) is 8.64. The van der Waals surface area contributed by atoms with E-state index in [0.717, 1.165) is 31.5 Å². The standard InChI is InChI=1S/C17H23ClN6O/c18-14-8-6-13(7-9-14)12-19-15-20-16(23-25)22-17(21-15)24-10-4-2-1-3-5-11-24/h6-9,25H,1-5,10-12H2,(H2,19,20,21,22,23). The molecule has 0 atom stereocenters. The monoisotopic (exact) mass is 362 g/mol. The van der Waals surface area contributed by atoms with Gasteiger partial charge >= 0.3 is 0 Å². The third-order valence-electron chi connectivity index (χ3n) is 4.23. The minimum absolute atomic E-state index is 0.144. The van der Waals surface area contributed by atoms with E-state index in [0.29, 0.717) is 23.5 Å². The van der Waals surface area contributed by atoms with Crippen molar-refractivity contribution in [2.24, 2.45) is 0 Å². The molecule has 1 aliphatic heterocycles. The zero-order valence-corrected chi connectivity index (χ0v) is 14.8. The average Bonchev–Trinajstić information content (AvgIpc) is 2.60. The van der Waals surface area contributed by atoms with Crippen LogP contribution in [0.15, 0.2) is 24.3 Å². The van der Waals surface area contributed by atoms with Gasteiger partial charge in [0, 0.05) is 24.7 Å². The fraction of sp³-hybridized carbons (Fsp3) is 0.471. The van der Waals surface area contributed by atoms with E-state index in [-0.39, 0.29) is 5.95 Å². The van der Waals surface area contributed by atoms with E-state index < -0.39 is 0 Å². The number of nitrogens with zero attached hydrogens (tertiary/aromatic N) is 4. The first kappa shape index (κ1) is 17.7. The van der Waals surface area contributed by atoms with Crippen LogP contribution in [-0.4, -0.2) is 33.2 Å². The van der Waals surface area contributed by atoms with Crippen LogP contribution < -0.4 is 15.7 Å². The molecule has 1 aliphatic rings. The summed E-state index contributed by atoms with van der Waals surface area (Å²) < 4.78 is 0. The topological polar surface area (TPSA) is 86.2 Å². The van der Waals surface area contributed by atoms with Crippen LogP contribution in [0.2, 0.25) is 5.02 Å². The predicted octanol–water partition coefficient (Wildman–Crippen LogP) is 3.71. The number of aromatic nitrogens is 3. The lowest BCUT2D eigenvalue weighted by atomic mass is 10.1. The molecule has 0 spiro atoms. The van der Waals surface area contributed by atoms with Crippen molar-refractivity contribution in [2.75, 3.05) is 28.8 Å². The summed E-state index contributed by atoms with van der Waals surface area (Å²) in [6.07, 6.45) is 6.01. The minimum atomic E-state index is 0.144. The largest absolute Gasteiger partial charge is 0.350 e. The molecule has 1 aromatic carbocycles. The fourth-order valence-electron chi connectivity index (χ4n) is 2.87. The van der Waals surface area contributed by atoms with Gasteiger partial charge in [0.2, 0.25) is 11.9 Å². The van der Waals surface area contributed by atoms with Crippen molar-refractivity contribution in [1.82, 2.24) is 15.0 Å². The Hall–Kier alpha value is -2.12. The summed E-state index contributed by atoms with van der Waals surface area (Å²) in [5.41, 5.74) is 3.10. The molecular formula is C17H23ClN6O. The van der Waals surface area contributed by atoms with Gasteiger partial charge in [0.1, 0.15) is 0 Å². The minimum Gasteiger partial charge on any atom is -0.350 e. The first-order chi connectivity index (χ1) is 12.2. The molecule has 3 rings (SSSR count). The third kappa shape index (κ3) is 5.17. The zero-order valence-electron chi connectivity index (χ0n) is 14.1. The Morgan fingerprint density at radius 1 is 0.920 bits per heavy atom. The number of hydrogen-bond acceptors (Lipinski definition) is 7. The molecule has 0 radical (unpaired) electrons. The van der Waals surface area contributed by atoms with Crippen molar-refractivity contribution in [3.63, 3.8) is 0 Å². The van der Waals surface area contributed by atoms with Crippen LogP contribution in [0.4, 0.5) is 17.8 Å². The van der Waals surface area contributed by atoms with Crippen molar-refractivity contribution in [2.45, 2.75) is 38.6 Å². The molecule has 0 aliphatic carbocycles. The molecule has 25 heavy (non-hydrogen) atoms. The Labute approximate surface area is 152 Å². The molecule has 2 aromatic rings. The molecule has 2 heterocycles. The molecule has 0 unspecified atom stereocenters. The smallest absolute Gasteiger partial charge is 0.253 e. The lowest BCUT2D eigenvalue weighted by Gasteiger charge is -2.25. The maximum atomic E-state index is 9.24. The molecule has 0 saturated carbocycles. The van der Waals surface area contributed by atoms with Gasteiger partial charge in [-0.3, -0.25) is 5.21 Å². The summed E-state index contributed by atoms with van der Waals surface area (Å²) in [6.45, 7) is 2.41. The Morgan fingerprint density at radius 3 is 2.24 bits per heavy atom. The van der Waals surface area contributed by atoms with E-state index >= 15 is 0 Å². The van der Waals surface area contributed by atoms with E-state index in [9.17, 15) is 5.21 Å². The van der Waals surface area contributed by atoms with E-state index in [1.807, 2.05) is 29.7 Å². The highest BCUT2D eigenvalue weighted by atomic mass is 35.5. The third-order valence-corrected chi connectivity index (χ3v) is 4.48. The van der Waals surface area contributed by atoms with Crippen LogP contribution in [0.25, 0.3) is 0 Å². The lowest BCUT2D eigenvalue weighted by Crippen LogP contribution is -2.29. The normalized spacial score (nSPS) is 15.4. The molecule has 0 bridgehead atoms. The number of hydrogen-bond donors (Lipinski definition) is 3. The molecule has 134 valence electrons. The summed E-state index contributed by atoms with van der Waals surface area (Å²) in [5.74, 6) is 1.16. The van der Waals surface area contributed by atoms with Crippen LogP contribution >= 0.6 is 11.6 Å². The fourth-order valence-corrected chi connectivity index (χ4v) is 2.99. The summed E-state index contributed by atoms with van der Waals surface area (Å²) >= 11 is 5.91. The molecule has 1 saturated heterocycles. The zero-order chi connectivity index (χ0) is 17.5. The van der Waals surface area contributed by atoms with E-state index in [1.54, 1.807) is 0 Å². The predicted molar refractivity (Wildman–Crippen MR) is 99.3 cm³/mol. The Balaban J connectivity index is 1.73. The molecule has 8 heteroatoms. The maximum absolute atomic E-state index is 9.24. The van der Waals surface area contributed by atoms with Gasteiger partial charge in [-0.25, -0.2) is 5.48 Å². The average molecular weight is 363 g/mol. The summed E-state index contributed by atoms with van der Waals surface area (Å²) in [4.78, 5) is 15.2.